The van der Waals surface area contributed by atoms with Crippen LogP contribution >= 0.6 is 7.37 Å². The predicted molar refractivity (Wildman–Crippen MR) is 257 cm³/mol. The molecule has 10 unspecified atom stereocenters. The fourth-order valence-corrected chi connectivity index (χ4v) is 12.2. The van der Waals surface area contributed by atoms with Crippen molar-refractivity contribution in [1.82, 2.24) is 4.90 Å². The lowest BCUT2D eigenvalue weighted by Gasteiger charge is -2.50. The molecule has 2 N–H and O–H groups in total. The normalized spacial score (nSPS) is 41.6. The molecule has 3 saturated heterocycles. The number of allylic oxidation sites excluding steroid dienone is 6. The Balaban J connectivity index is 1.51. The smallest absolute Gasteiger partial charge is 0.329 e. The van der Waals surface area contributed by atoms with E-state index < -0.39 is 97.0 Å². The fraction of sp³-hybridized carbons (Fsp3) is 0.750. The number of Topliss-reactive ketones (excluding diaryl/α,β-unsaturated/α-hetero) is 3. The number of esters is 1. The third-order valence-electron chi connectivity index (χ3n) is 15.3. The maximum atomic E-state index is 14.5. The summed E-state index contributed by atoms with van der Waals surface area (Å²) in [4.78, 5) is 72.5. The van der Waals surface area contributed by atoms with E-state index >= 15 is 0 Å². The first-order valence-corrected chi connectivity index (χ1v) is 27.3. The number of rotatable bonds is 7. The first kappa shape index (κ1) is 55.8. The average molecular weight is 974 g/mol. The number of aliphatic hydroxyl groups is 2. The van der Waals surface area contributed by atoms with E-state index in [1.165, 1.54) is 12.0 Å². The van der Waals surface area contributed by atoms with E-state index in [-0.39, 0.29) is 48.6 Å². The van der Waals surface area contributed by atoms with Crippen molar-refractivity contribution in [3.8, 4) is 0 Å². The Morgan fingerprint density at radius 1 is 0.853 bits per heavy atom. The zero-order valence-electron chi connectivity index (χ0n) is 42.3. The van der Waals surface area contributed by atoms with Gasteiger partial charge in [0, 0.05) is 77.7 Å². The van der Waals surface area contributed by atoms with Gasteiger partial charge < -0.3 is 43.3 Å². The molecule has 0 spiro atoms. The molecule has 0 radical (unpaired) electrons. The molecular formula is C52H80NO14P. The predicted octanol–water partition coefficient (Wildman–Crippen LogP) is 6.96. The van der Waals surface area contributed by atoms with E-state index in [2.05, 4.69) is 0 Å². The Labute approximate surface area is 404 Å². The molecule has 16 atom stereocenters. The van der Waals surface area contributed by atoms with Gasteiger partial charge in [0.25, 0.3) is 11.7 Å². The fourth-order valence-electron chi connectivity index (χ4n) is 11.4. The van der Waals surface area contributed by atoms with Gasteiger partial charge in [-0.3, -0.25) is 23.7 Å². The lowest BCUT2D eigenvalue weighted by Crippen LogP contribution is -2.65. The van der Waals surface area contributed by atoms with Crippen LogP contribution in [0.3, 0.4) is 0 Å². The Morgan fingerprint density at radius 3 is 2.24 bits per heavy atom. The molecule has 6 bridgehead atoms. The molecule has 1 aliphatic carbocycles. The van der Waals surface area contributed by atoms with Crippen LogP contribution in [-0.2, 0) is 56.7 Å². The van der Waals surface area contributed by atoms with Crippen molar-refractivity contribution in [1.29, 1.82) is 0 Å². The molecule has 16 heteroatoms. The van der Waals surface area contributed by atoms with Crippen molar-refractivity contribution in [3.63, 3.8) is 0 Å². The van der Waals surface area contributed by atoms with Crippen molar-refractivity contribution >= 4 is 36.6 Å². The van der Waals surface area contributed by atoms with E-state index in [4.69, 9.17) is 28.2 Å². The number of fused-ring (bicyclic) bond motifs is 3. The number of piperidine rings is 1. The summed E-state index contributed by atoms with van der Waals surface area (Å²) in [6, 6.07) is -1.15. The number of nitrogens with zero attached hydrogens (tertiary/aromatic N) is 1. The number of ether oxygens (including phenoxy) is 5. The SMILES string of the molecule is COC1CC2CCC(C)C(O)(O2)C(=O)C(=O)N2CCCC3C2C(=O)O[C@@H](CC(=O)[C@H](C)/C=C(\C)C(O)[C@@H](OC)C(=O)C(C)C[C@H](C)/C=C/C=C/C=C/1C)[C@H]3CC1CC[C@@H](OP(C)(C)=O)C(OC)C1. The second-order valence-electron chi connectivity index (χ2n) is 20.8. The van der Waals surface area contributed by atoms with Crippen LogP contribution < -0.4 is 0 Å². The third-order valence-corrected chi connectivity index (χ3v) is 16.1. The maximum Gasteiger partial charge on any atom is 0.329 e. The summed E-state index contributed by atoms with van der Waals surface area (Å²) in [6.07, 6.45) is 11.0. The first-order valence-electron chi connectivity index (χ1n) is 24.8. The van der Waals surface area contributed by atoms with Gasteiger partial charge in [-0.05, 0) is 101 Å². The quantitative estimate of drug-likeness (QED) is 0.115. The van der Waals surface area contributed by atoms with E-state index in [9.17, 15) is 38.8 Å². The molecule has 4 aliphatic heterocycles. The summed E-state index contributed by atoms with van der Waals surface area (Å²) in [6.45, 7) is 14.0. The Hall–Kier alpha value is -3.14. The Morgan fingerprint density at radius 2 is 1.57 bits per heavy atom. The number of hydrogen-bond acceptors (Lipinski definition) is 14. The van der Waals surface area contributed by atoms with Crippen LogP contribution in [0.5, 0.6) is 0 Å². The molecule has 4 fully saturated rings. The van der Waals surface area contributed by atoms with Crippen molar-refractivity contribution in [3.05, 3.63) is 47.6 Å². The number of carbonyl (C=O) groups is 5. The number of carbonyl (C=O) groups excluding carboxylic acids is 5. The minimum atomic E-state index is -2.82. The zero-order valence-corrected chi connectivity index (χ0v) is 43.2. The van der Waals surface area contributed by atoms with Gasteiger partial charge in [-0.2, -0.15) is 0 Å². The van der Waals surface area contributed by atoms with Crippen LogP contribution in [0.15, 0.2) is 47.6 Å². The third kappa shape index (κ3) is 13.6. The summed E-state index contributed by atoms with van der Waals surface area (Å²) < 4.78 is 48.4. The number of methoxy groups -OCH3 is 3. The summed E-state index contributed by atoms with van der Waals surface area (Å²) in [5, 5.41) is 23.6. The van der Waals surface area contributed by atoms with Crippen LogP contribution in [0, 0.1) is 41.4 Å². The lowest BCUT2D eigenvalue weighted by atomic mass is 9.68. The molecule has 0 aromatic heterocycles. The van der Waals surface area contributed by atoms with Gasteiger partial charge in [-0.25, -0.2) is 4.79 Å². The Kier molecular flexibility index (Phi) is 20.0. The van der Waals surface area contributed by atoms with E-state index in [0.29, 0.717) is 69.8 Å². The van der Waals surface area contributed by atoms with Crippen LogP contribution in [0.2, 0.25) is 0 Å². The summed E-state index contributed by atoms with van der Waals surface area (Å²) in [7, 11) is 1.73. The van der Waals surface area contributed by atoms with Crippen LogP contribution in [-0.4, -0.2) is 140 Å². The topological polar surface area (TPSA) is 201 Å². The van der Waals surface area contributed by atoms with Gasteiger partial charge in [0.2, 0.25) is 5.79 Å². The number of ketones is 3. The summed E-state index contributed by atoms with van der Waals surface area (Å²) >= 11 is 0. The molecule has 1 saturated carbocycles. The summed E-state index contributed by atoms with van der Waals surface area (Å²) in [5.41, 5.74) is 1.27. The van der Waals surface area contributed by atoms with E-state index in [1.807, 2.05) is 51.2 Å². The number of hydrogen-bond donors (Lipinski definition) is 2. The van der Waals surface area contributed by atoms with Crippen molar-refractivity contribution in [2.45, 2.75) is 167 Å². The maximum absolute atomic E-state index is 14.5. The Bertz CT molecular complexity index is 1970. The zero-order chi connectivity index (χ0) is 50.2. The van der Waals surface area contributed by atoms with Crippen LogP contribution in [0.25, 0.3) is 0 Å². The highest BCUT2D eigenvalue weighted by Crippen LogP contribution is 2.48. The van der Waals surface area contributed by atoms with Gasteiger partial charge in [-0.1, -0.05) is 64.2 Å². The summed E-state index contributed by atoms with van der Waals surface area (Å²) in [5.74, 6) is -8.61. The van der Waals surface area contributed by atoms with Gasteiger partial charge in [0.15, 0.2) is 13.2 Å². The molecule has 15 nitrogen and oxygen atoms in total. The minimum absolute atomic E-state index is 0.0155. The molecule has 382 valence electrons. The largest absolute Gasteiger partial charge is 0.460 e. The van der Waals surface area contributed by atoms with Gasteiger partial charge in [0.05, 0.1) is 24.4 Å². The van der Waals surface area contributed by atoms with E-state index in [1.54, 1.807) is 54.4 Å². The van der Waals surface area contributed by atoms with Crippen molar-refractivity contribution in [2.75, 3.05) is 41.2 Å². The first-order chi connectivity index (χ1) is 32.0. The lowest BCUT2D eigenvalue weighted by molar-refractivity contribution is -0.266. The van der Waals surface area contributed by atoms with Gasteiger partial charge >= 0.3 is 5.97 Å². The molecular weight excluding hydrogens is 894 g/mol. The molecule has 1 amide bonds. The monoisotopic (exact) mass is 974 g/mol. The highest BCUT2D eigenvalue weighted by Gasteiger charge is 2.57. The number of aliphatic hydroxyl groups excluding tert-OH is 1. The molecule has 68 heavy (non-hydrogen) atoms. The molecule has 4 heterocycles. The second-order valence-corrected chi connectivity index (χ2v) is 23.6. The standard InChI is InChI=1S/C52H80NO14P/c1-30-16-13-12-14-17-31(2)42(62-7)28-37-21-19-35(6)52(60,66-37)49(57)50(58)53-23-15-18-38-39(26-36-20-22-41(44(27-36)63-8)67-68(10,11)61)43(65-51(59)45(38)53)29-40(54)32(3)25-34(5)47(56)48(64-9)46(55)33(4)24-30/h12-14,16-17,25,30,32-33,35-39,41-45,47-48,56,60H,15,18-24,26-29H2,1-11H3/b14-12+,16-13+,31-17+,34-25+/t30-,32-,33?,35?,36?,37?,38?,39+,41-,42?,43+,44?,45?,47?,48+,52?/m1/s1. The number of amides is 1. The van der Waals surface area contributed by atoms with E-state index in [0.717, 1.165) is 5.57 Å². The van der Waals surface area contributed by atoms with Crippen LogP contribution in [0.1, 0.15) is 112 Å². The van der Waals surface area contributed by atoms with Gasteiger partial charge in [0.1, 0.15) is 30.1 Å². The average Bonchev–Trinajstić information content (AvgIpc) is 3.29. The molecule has 5 aliphatic rings. The highest BCUT2D eigenvalue weighted by molar-refractivity contribution is 7.57. The minimum Gasteiger partial charge on any atom is -0.460 e. The molecule has 5 rings (SSSR count). The van der Waals surface area contributed by atoms with Gasteiger partial charge in [-0.15, -0.1) is 0 Å². The highest BCUT2D eigenvalue weighted by atomic mass is 31.2. The van der Waals surface area contributed by atoms with Crippen LogP contribution in [0.4, 0.5) is 0 Å². The second kappa shape index (κ2) is 24.3. The molecule has 0 aromatic carbocycles. The van der Waals surface area contributed by atoms with Crippen molar-refractivity contribution < 1.29 is 67.0 Å². The van der Waals surface area contributed by atoms with Crippen molar-refractivity contribution in [2.24, 2.45) is 41.4 Å². The molecule has 0 aromatic rings.